The highest BCUT2D eigenvalue weighted by Gasteiger charge is 2.11. The minimum absolute atomic E-state index is 0.00895. The minimum Gasteiger partial charge on any atom is -0.324 e. The molecular formula is C15H20N4OS. The third-order valence-electron chi connectivity index (χ3n) is 3.10. The van der Waals surface area contributed by atoms with Gasteiger partial charge in [-0.3, -0.25) is 0 Å². The molecular weight excluding hydrogens is 284 g/mol. The van der Waals surface area contributed by atoms with Crippen molar-refractivity contribution in [2.45, 2.75) is 26.4 Å². The van der Waals surface area contributed by atoms with Crippen molar-refractivity contribution in [3.8, 4) is 0 Å². The standard InChI is InChI=1S/C15H20N4OS/c1-10(16)12-4-6-13(7-5-12)18-15(20)19(3)8-14-9-21-11(2)17-14/h4-7,9-10H,8,16H2,1-3H3,(H,18,20). The quantitative estimate of drug-likeness (QED) is 0.911. The van der Waals surface area contributed by atoms with Gasteiger partial charge in [-0.25, -0.2) is 9.78 Å². The van der Waals surface area contributed by atoms with Crippen molar-refractivity contribution < 1.29 is 4.79 Å². The number of benzene rings is 1. The van der Waals surface area contributed by atoms with Gasteiger partial charge in [0.1, 0.15) is 0 Å². The van der Waals surface area contributed by atoms with Gasteiger partial charge in [-0.1, -0.05) is 12.1 Å². The van der Waals surface area contributed by atoms with Gasteiger partial charge in [0.15, 0.2) is 0 Å². The first kappa shape index (κ1) is 15.5. The Balaban J connectivity index is 1.93. The van der Waals surface area contributed by atoms with Crippen LogP contribution in [0.2, 0.25) is 0 Å². The Morgan fingerprint density at radius 1 is 1.43 bits per heavy atom. The van der Waals surface area contributed by atoms with E-state index >= 15 is 0 Å². The second kappa shape index (κ2) is 6.69. The van der Waals surface area contributed by atoms with E-state index in [1.807, 2.05) is 43.5 Å². The summed E-state index contributed by atoms with van der Waals surface area (Å²) in [6, 6.07) is 7.39. The first-order valence-electron chi connectivity index (χ1n) is 6.74. The summed E-state index contributed by atoms with van der Waals surface area (Å²) in [4.78, 5) is 18.1. The number of anilines is 1. The molecule has 2 aromatic rings. The Kier molecular flexibility index (Phi) is 4.93. The fraction of sp³-hybridized carbons (Fsp3) is 0.333. The van der Waals surface area contributed by atoms with Crippen molar-refractivity contribution in [1.29, 1.82) is 0 Å². The first-order valence-corrected chi connectivity index (χ1v) is 7.62. The number of carbonyl (C=O) groups excluding carboxylic acids is 1. The molecule has 1 atom stereocenters. The van der Waals surface area contributed by atoms with Crippen LogP contribution in [0, 0.1) is 6.92 Å². The third kappa shape index (κ3) is 4.27. The Labute approximate surface area is 128 Å². The summed E-state index contributed by atoms with van der Waals surface area (Å²) in [6.07, 6.45) is 0. The number of thiazole rings is 1. The number of carbonyl (C=O) groups is 1. The lowest BCUT2D eigenvalue weighted by Gasteiger charge is -2.17. The van der Waals surface area contributed by atoms with E-state index in [1.54, 1.807) is 23.3 Å². The van der Waals surface area contributed by atoms with Gasteiger partial charge in [-0.15, -0.1) is 11.3 Å². The van der Waals surface area contributed by atoms with Crippen LogP contribution in [0.5, 0.6) is 0 Å². The summed E-state index contributed by atoms with van der Waals surface area (Å²) in [7, 11) is 1.75. The van der Waals surface area contributed by atoms with Crippen LogP contribution in [0.3, 0.4) is 0 Å². The third-order valence-corrected chi connectivity index (χ3v) is 3.92. The van der Waals surface area contributed by atoms with Gasteiger partial charge in [-0.05, 0) is 31.5 Å². The van der Waals surface area contributed by atoms with Crippen molar-refractivity contribution in [1.82, 2.24) is 9.88 Å². The second-order valence-electron chi connectivity index (χ2n) is 5.05. The predicted octanol–water partition coefficient (Wildman–Crippen LogP) is 3.14. The maximum absolute atomic E-state index is 12.1. The molecule has 0 fully saturated rings. The van der Waals surface area contributed by atoms with E-state index in [-0.39, 0.29) is 12.1 Å². The van der Waals surface area contributed by atoms with E-state index < -0.39 is 0 Å². The summed E-state index contributed by atoms with van der Waals surface area (Å²) in [6.45, 7) is 4.37. The highest BCUT2D eigenvalue weighted by Crippen LogP contribution is 2.15. The molecule has 6 heteroatoms. The highest BCUT2D eigenvalue weighted by atomic mass is 32.1. The van der Waals surface area contributed by atoms with Gasteiger partial charge in [0.2, 0.25) is 0 Å². The van der Waals surface area contributed by atoms with Crippen LogP contribution in [0.1, 0.15) is 29.2 Å². The van der Waals surface area contributed by atoms with E-state index in [9.17, 15) is 4.79 Å². The molecule has 21 heavy (non-hydrogen) atoms. The van der Waals surface area contributed by atoms with Crippen LogP contribution in [0.4, 0.5) is 10.5 Å². The van der Waals surface area contributed by atoms with E-state index in [2.05, 4.69) is 10.3 Å². The molecule has 0 aliphatic heterocycles. The molecule has 1 aromatic heterocycles. The SMILES string of the molecule is Cc1nc(CN(C)C(=O)Nc2ccc(C(C)N)cc2)cs1. The van der Waals surface area contributed by atoms with Gasteiger partial charge in [0.25, 0.3) is 0 Å². The number of urea groups is 1. The highest BCUT2D eigenvalue weighted by molar-refractivity contribution is 7.09. The summed E-state index contributed by atoms with van der Waals surface area (Å²) in [5.74, 6) is 0. The van der Waals surface area contributed by atoms with Crippen LogP contribution in [-0.4, -0.2) is 23.0 Å². The minimum atomic E-state index is -0.158. The lowest BCUT2D eigenvalue weighted by Crippen LogP contribution is -2.30. The Morgan fingerprint density at radius 2 is 2.10 bits per heavy atom. The predicted molar refractivity (Wildman–Crippen MR) is 86.4 cm³/mol. The molecule has 112 valence electrons. The topological polar surface area (TPSA) is 71.2 Å². The van der Waals surface area contributed by atoms with Crippen molar-refractivity contribution in [2.24, 2.45) is 5.73 Å². The molecule has 2 amide bonds. The van der Waals surface area contributed by atoms with Crippen molar-refractivity contribution in [3.63, 3.8) is 0 Å². The van der Waals surface area contributed by atoms with Crippen LogP contribution < -0.4 is 11.1 Å². The number of hydrogen-bond acceptors (Lipinski definition) is 4. The van der Waals surface area contributed by atoms with Crippen LogP contribution >= 0.6 is 11.3 Å². The molecule has 1 unspecified atom stereocenters. The fourth-order valence-electron chi connectivity index (χ4n) is 1.88. The lowest BCUT2D eigenvalue weighted by molar-refractivity contribution is 0.220. The van der Waals surface area contributed by atoms with E-state index in [1.165, 1.54) is 0 Å². The Bertz CT molecular complexity index is 606. The largest absolute Gasteiger partial charge is 0.324 e. The average molecular weight is 304 g/mol. The fourth-order valence-corrected chi connectivity index (χ4v) is 2.49. The molecule has 3 N–H and O–H groups in total. The van der Waals surface area contributed by atoms with Gasteiger partial charge in [-0.2, -0.15) is 0 Å². The number of nitrogens with zero attached hydrogens (tertiary/aromatic N) is 2. The number of nitrogens with one attached hydrogen (secondary N) is 1. The summed E-state index contributed by atoms with van der Waals surface area (Å²) in [5, 5.41) is 5.83. The number of amides is 2. The first-order chi connectivity index (χ1) is 9.95. The zero-order valence-electron chi connectivity index (χ0n) is 12.5. The van der Waals surface area contributed by atoms with Crippen LogP contribution in [0.15, 0.2) is 29.6 Å². The molecule has 1 heterocycles. The summed E-state index contributed by atoms with van der Waals surface area (Å²) in [5.41, 5.74) is 8.50. The smallest absolute Gasteiger partial charge is 0.321 e. The van der Waals surface area contributed by atoms with Crippen LogP contribution in [0.25, 0.3) is 0 Å². The molecule has 0 aliphatic rings. The number of aryl methyl sites for hydroxylation is 1. The molecule has 0 aliphatic carbocycles. The van der Waals surface area contributed by atoms with Crippen LogP contribution in [-0.2, 0) is 6.54 Å². The molecule has 0 bridgehead atoms. The monoisotopic (exact) mass is 304 g/mol. The van der Waals surface area contributed by atoms with E-state index in [0.717, 1.165) is 22.0 Å². The molecule has 2 rings (SSSR count). The number of aromatic nitrogens is 1. The van der Waals surface area contributed by atoms with E-state index in [4.69, 9.17) is 5.73 Å². The molecule has 1 aromatic carbocycles. The van der Waals surface area contributed by atoms with Gasteiger partial charge in [0.05, 0.1) is 17.2 Å². The van der Waals surface area contributed by atoms with Gasteiger partial charge in [0, 0.05) is 24.2 Å². The molecule has 0 spiro atoms. The maximum Gasteiger partial charge on any atom is 0.321 e. The Morgan fingerprint density at radius 3 is 2.62 bits per heavy atom. The normalized spacial score (nSPS) is 12.0. The zero-order valence-corrected chi connectivity index (χ0v) is 13.3. The van der Waals surface area contributed by atoms with E-state index in [0.29, 0.717) is 6.54 Å². The number of hydrogen-bond donors (Lipinski definition) is 2. The lowest BCUT2D eigenvalue weighted by atomic mass is 10.1. The average Bonchev–Trinajstić information content (AvgIpc) is 2.84. The maximum atomic E-state index is 12.1. The zero-order chi connectivity index (χ0) is 15.4. The van der Waals surface area contributed by atoms with Gasteiger partial charge >= 0.3 is 6.03 Å². The van der Waals surface area contributed by atoms with Gasteiger partial charge < -0.3 is 16.0 Å². The van der Waals surface area contributed by atoms with Crippen molar-refractivity contribution in [3.05, 3.63) is 45.9 Å². The summed E-state index contributed by atoms with van der Waals surface area (Å²) >= 11 is 1.59. The summed E-state index contributed by atoms with van der Waals surface area (Å²) < 4.78 is 0. The van der Waals surface area contributed by atoms with Crippen molar-refractivity contribution in [2.75, 3.05) is 12.4 Å². The van der Waals surface area contributed by atoms with Crippen molar-refractivity contribution >= 4 is 23.1 Å². The molecule has 0 saturated carbocycles. The molecule has 0 radical (unpaired) electrons. The number of nitrogens with two attached hydrogens (primary N) is 1. The Hall–Kier alpha value is -1.92. The molecule has 5 nitrogen and oxygen atoms in total. The second-order valence-corrected chi connectivity index (χ2v) is 6.12. The number of rotatable bonds is 4. The molecule has 0 saturated heterocycles.